The number of sulfonamides is 1. The summed E-state index contributed by atoms with van der Waals surface area (Å²) in [5.74, 6) is 0. The van der Waals surface area contributed by atoms with Gasteiger partial charge >= 0.3 is 6.03 Å². The Bertz CT molecular complexity index is 1290. The van der Waals surface area contributed by atoms with Gasteiger partial charge in [0.2, 0.25) is 0 Å². The first-order chi connectivity index (χ1) is 15.7. The van der Waals surface area contributed by atoms with Gasteiger partial charge in [-0.15, -0.1) is 0 Å². The third-order valence-electron chi connectivity index (χ3n) is 5.92. The number of carbonyl (C=O) groups excluding carboxylic acids is 1. The van der Waals surface area contributed by atoms with E-state index in [1.807, 2.05) is 68.1 Å². The maximum Gasteiger partial charge on any atom is 0.324 e. The van der Waals surface area contributed by atoms with Crippen molar-refractivity contribution >= 4 is 27.4 Å². The summed E-state index contributed by atoms with van der Waals surface area (Å²) in [6.07, 6.45) is 0.801. The van der Waals surface area contributed by atoms with Crippen molar-refractivity contribution in [3.05, 3.63) is 89.0 Å². The molecule has 0 aliphatic carbocycles. The summed E-state index contributed by atoms with van der Waals surface area (Å²) in [6.45, 7) is 7.52. The zero-order valence-electron chi connectivity index (χ0n) is 19.2. The van der Waals surface area contributed by atoms with Gasteiger partial charge in [-0.05, 0) is 73.7 Å². The van der Waals surface area contributed by atoms with Crippen molar-refractivity contribution in [3.63, 3.8) is 0 Å². The van der Waals surface area contributed by atoms with Gasteiger partial charge in [-0.3, -0.25) is 9.62 Å². The monoisotopic (exact) mass is 463 g/mol. The molecule has 4 rings (SSSR count). The molecule has 0 unspecified atom stereocenters. The van der Waals surface area contributed by atoms with Gasteiger partial charge in [0.1, 0.15) is 0 Å². The van der Waals surface area contributed by atoms with Crippen molar-refractivity contribution in [2.24, 2.45) is 0 Å². The van der Waals surface area contributed by atoms with Crippen molar-refractivity contribution in [1.82, 2.24) is 4.90 Å². The summed E-state index contributed by atoms with van der Waals surface area (Å²) in [5.41, 5.74) is 4.99. The molecule has 33 heavy (non-hydrogen) atoms. The van der Waals surface area contributed by atoms with E-state index in [1.165, 1.54) is 0 Å². The van der Waals surface area contributed by atoms with Crippen LogP contribution in [0.15, 0.2) is 71.6 Å². The average Bonchev–Trinajstić information content (AvgIpc) is 2.77. The van der Waals surface area contributed by atoms with Crippen LogP contribution in [0.2, 0.25) is 0 Å². The number of rotatable bonds is 6. The number of carbonyl (C=O) groups is 1. The van der Waals surface area contributed by atoms with Crippen LogP contribution >= 0.6 is 0 Å². The minimum Gasteiger partial charge on any atom is -0.320 e. The number of amides is 2. The van der Waals surface area contributed by atoms with E-state index in [0.29, 0.717) is 31.0 Å². The Morgan fingerprint density at radius 2 is 1.64 bits per heavy atom. The molecule has 3 aromatic carbocycles. The summed E-state index contributed by atoms with van der Waals surface area (Å²) in [4.78, 5) is 17.1. The van der Waals surface area contributed by atoms with Crippen LogP contribution < -0.4 is 9.62 Å². The highest BCUT2D eigenvalue weighted by Crippen LogP contribution is 2.32. The highest BCUT2D eigenvalue weighted by Gasteiger charge is 2.29. The fourth-order valence-corrected chi connectivity index (χ4v) is 5.27. The number of urea groups is 1. The number of nitrogens with one attached hydrogen (secondary N) is 1. The van der Waals surface area contributed by atoms with Gasteiger partial charge in [0.25, 0.3) is 10.0 Å². The number of aryl methyl sites for hydroxylation is 3. The molecule has 0 bridgehead atoms. The van der Waals surface area contributed by atoms with Crippen molar-refractivity contribution in [2.45, 2.75) is 38.6 Å². The van der Waals surface area contributed by atoms with Gasteiger partial charge in [-0.1, -0.05) is 42.5 Å². The standard InChI is InChI=1S/C26H29N3O3S/c1-19-8-6-11-23(16-19)33(31,32)27-24-17-20(2)12-13-25(24)29-15-7-14-28(26(29)30)18-22-10-5-4-9-21(22)3/h4-6,8-13,16-17,27H,7,14-15,18H2,1-3H3. The summed E-state index contributed by atoms with van der Waals surface area (Å²) < 4.78 is 28.9. The van der Waals surface area contributed by atoms with Gasteiger partial charge in [0.05, 0.1) is 16.3 Å². The molecule has 0 radical (unpaired) electrons. The Morgan fingerprint density at radius 3 is 2.39 bits per heavy atom. The Hall–Kier alpha value is -3.32. The van der Waals surface area contributed by atoms with E-state index in [4.69, 9.17) is 0 Å². The summed E-state index contributed by atoms with van der Waals surface area (Å²) in [7, 11) is -3.80. The maximum atomic E-state index is 13.4. The van der Waals surface area contributed by atoms with Crippen molar-refractivity contribution in [2.75, 3.05) is 22.7 Å². The van der Waals surface area contributed by atoms with E-state index in [0.717, 1.165) is 28.7 Å². The molecule has 172 valence electrons. The predicted octanol–water partition coefficient (Wildman–Crippen LogP) is 5.24. The molecule has 7 heteroatoms. The maximum absolute atomic E-state index is 13.4. The zero-order chi connectivity index (χ0) is 23.6. The van der Waals surface area contributed by atoms with Crippen LogP contribution in [0.5, 0.6) is 0 Å². The SMILES string of the molecule is Cc1cccc(S(=O)(=O)Nc2cc(C)ccc2N2CCCN(Cc3ccccc3C)C2=O)c1. The third-order valence-corrected chi connectivity index (χ3v) is 7.28. The molecule has 1 N–H and O–H groups in total. The molecule has 6 nitrogen and oxygen atoms in total. The fraction of sp³-hybridized carbons (Fsp3) is 0.269. The summed E-state index contributed by atoms with van der Waals surface area (Å²) in [6, 6.07) is 20.2. The number of anilines is 2. The lowest BCUT2D eigenvalue weighted by atomic mass is 10.1. The van der Waals surface area contributed by atoms with Crippen LogP contribution in [0.25, 0.3) is 0 Å². The Morgan fingerprint density at radius 1 is 0.879 bits per heavy atom. The minimum atomic E-state index is -3.80. The van der Waals surface area contributed by atoms with Crippen molar-refractivity contribution in [1.29, 1.82) is 0 Å². The van der Waals surface area contributed by atoms with E-state index >= 15 is 0 Å². The van der Waals surface area contributed by atoms with Crippen LogP contribution in [0.3, 0.4) is 0 Å². The molecule has 0 aromatic heterocycles. The molecule has 0 spiro atoms. The van der Waals surface area contributed by atoms with Crippen LogP contribution in [-0.2, 0) is 16.6 Å². The Labute approximate surface area is 195 Å². The van der Waals surface area contributed by atoms with Crippen LogP contribution in [0, 0.1) is 20.8 Å². The predicted molar refractivity (Wildman–Crippen MR) is 132 cm³/mol. The molecule has 1 aliphatic heterocycles. The molecule has 2 amide bonds. The van der Waals surface area contributed by atoms with Crippen molar-refractivity contribution < 1.29 is 13.2 Å². The van der Waals surface area contributed by atoms with Crippen molar-refractivity contribution in [3.8, 4) is 0 Å². The number of benzene rings is 3. The van der Waals surface area contributed by atoms with Gasteiger partial charge < -0.3 is 4.90 Å². The first kappa shape index (κ1) is 22.9. The lowest BCUT2D eigenvalue weighted by Gasteiger charge is -2.36. The fourth-order valence-electron chi connectivity index (χ4n) is 4.10. The normalized spacial score (nSPS) is 14.5. The molecule has 3 aromatic rings. The van der Waals surface area contributed by atoms with Crippen LogP contribution in [-0.4, -0.2) is 32.4 Å². The average molecular weight is 464 g/mol. The number of nitrogens with zero attached hydrogens (tertiary/aromatic N) is 2. The molecular weight excluding hydrogens is 434 g/mol. The number of hydrogen-bond acceptors (Lipinski definition) is 3. The summed E-state index contributed by atoms with van der Waals surface area (Å²) >= 11 is 0. The van der Waals surface area contributed by atoms with Crippen LogP contribution in [0.1, 0.15) is 28.7 Å². The third kappa shape index (κ3) is 5.03. The number of hydrogen-bond donors (Lipinski definition) is 1. The summed E-state index contributed by atoms with van der Waals surface area (Å²) in [5, 5.41) is 0. The smallest absolute Gasteiger partial charge is 0.320 e. The van der Waals surface area contributed by atoms with E-state index in [-0.39, 0.29) is 10.9 Å². The van der Waals surface area contributed by atoms with Gasteiger partial charge in [0, 0.05) is 19.6 Å². The Balaban J connectivity index is 1.64. The Kier molecular flexibility index (Phi) is 6.42. The quantitative estimate of drug-likeness (QED) is 0.543. The second-order valence-corrected chi connectivity index (χ2v) is 10.3. The highest BCUT2D eigenvalue weighted by atomic mass is 32.2. The highest BCUT2D eigenvalue weighted by molar-refractivity contribution is 7.92. The van der Waals surface area contributed by atoms with Crippen LogP contribution in [0.4, 0.5) is 16.2 Å². The molecule has 0 saturated carbocycles. The lowest BCUT2D eigenvalue weighted by molar-refractivity contribution is 0.192. The molecule has 1 fully saturated rings. The second kappa shape index (κ2) is 9.27. The molecule has 1 heterocycles. The lowest BCUT2D eigenvalue weighted by Crippen LogP contribution is -2.49. The first-order valence-corrected chi connectivity index (χ1v) is 12.5. The largest absolute Gasteiger partial charge is 0.324 e. The molecule has 1 saturated heterocycles. The van der Waals surface area contributed by atoms with Gasteiger partial charge in [-0.25, -0.2) is 13.2 Å². The van der Waals surface area contributed by atoms with E-state index in [1.54, 1.807) is 29.2 Å². The van der Waals surface area contributed by atoms with Gasteiger partial charge in [0.15, 0.2) is 0 Å². The van der Waals surface area contributed by atoms with E-state index < -0.39 is 10.0 Å². The molecule has 1 aliphatic rings. The van der Waals surface area contributed by atoms with E-state index in [9.17, 15) is 13.2 Å². The molecule has 0 atom stereocenters. The first-order valence-electron chi connectivity index (χ1n) is 11.1. The second-order valence-electron chi connectivity index (χ2n) is 8.58. The van der Waals surface area contributed by atoms with Gasteiger partial charge in [-0.2, -0.15) is 0 Å². The zero-order valence-corrected chi connectivity index (χ0v) is 20.0. The minimum absolute atomic E-state index is 0.121. The van der Waals surface area contributed by atoms with E-state index in [2.05, 4.69) is 4.72 Å². The topological polar surface area (TPSA) is 69.7 Å². The molecular formula is C26H29N3O3S.